The number of hydrogen-bond acceptors (Lipinski definition) is 6. The number of amides is 1. The number of aliphatic carboxylic acids is 1. The zero-order chi connectivity index (χ0) is 24.7. The van der Waals surface area contributed by atoms with E-state index in [4.69, 9.17) is 9.90 Å². The van der Waals surface area contributed by atoms with Gasteiger partial charge in [0, 0.05) is 24.8 Å². The highest BCUT2D eigenvalue weighted by Gasteiger charge is 2.38. The van der Waals surface area contributed by atoms with Gasteiger partial charge in [-0.05, 0) is 36.6 Å². The molecule has 34 heavy (non-hydrogen) atoms. The molecule has 0 spiro atoms. The molecular weight excluding hydrogens is 469 g/mol. The smallest absolute Gasteiger partial charge is 0.475 e. The number of aromatic nitrogens is 1. The number of halogens is 3. The van der Waals surface area contributed by atoms with Crippen molar-refractivity contribution < 1.29 is 27.9 Å². The molecule has 4 rings (SSSR count). The number of carbonyl (C=O) groups excluding carboxylic acids is 1. The molecule has 3 aromatic rings. The summed E-state index contributed by atoms with van der Waals surface area (Å²) in [5, 5.41) is 17.7. The van der Waals surface area contributed by atoms with Crippen LogP contribution < -0.4 is 16.0 Å². The van der Waals surface area contributed by atoms with Crippen LogP contribution in [0.1, 0.15) is 27.2 Å². The van der Waals surface area contributed by atoms with E-state index in [1.165, 1.54) is 28.0 Å². The van der Waals surface area contributed by atoms with Gasteiger partial charge in [0.2, 0.25) is 0 Å². The first-order chi connectivity index (χ1) is 16.1. The lowest BCUT2D eigenvalue weighted by Crippen LogP contribution is -2.44. The van der Waals surface area contributed by atoms with Gasteiger partial charge in [-0.15, -0.1) is 11.3 Å². The molecule has 1 unspecified atom stereocenters. The summed E-state index contributed by atoms with van der Waals surface area (Å²) in [5.74, 6) is -2.90. The third-order valence-corrected chi connectivity index (χ3v) is 5.75. The Bertz CT molecular complexity index is 1130. The van der Waals surface area contributed by atoms with Crippen LogP contribution in [0.15, 0.2) is 54.0 Å². The molecule has 1 amide bonds. The molecule has 1 aliphatic heterocycles. The molecule has 180 valence electrons. The van der Waals surface area contributed by atoms with Crippen LogP contribution in [-0.2, 0) is 17.8 Å². The third kappa shape index (κ3) is 7.03. The maximum absolute atomic E-state index is 12.6. The van der Waals surface area contributed by atoms with Gasteiger partial charge in [-0.25, -0.2) is 9.78 Å². The zero-order valence-corrected chi connectivity index (χ0v) is 19.0. The van der Waals surface area contributed by atoms with Crippen molar-refractivity contribution >= 4 is 33.9 Å². The van der Waals surface area contributed by atoms with Crippen molar-refractivity contribution in [2.24, 2.45) is 0 Å². The second-order valence-corrected chi connectivity index (χ2v) is 8.44. The number of alkyl halides is 3. The Balaban J connectivity index is 0.000000406. The number of fused-ring (bicyclic) bond motifs is 1. The number of hydrogen-bond donors (Lipinski definition) is 4. The molecule has 0 saturated carbocycles. The quantitative estimate of drug-likeness (QED) is 0.424. The Labute approximate surface area is 198 Å². The highest BCUT2D eigenvalue weighted by Crippen LogP contribution is 2.25. The number of carbonyl (C=O) groups is 2. The molecule has 1 aromatic heterocycles. The Morgan fingerprint density at radius 2 is 1.79 bits per heavy atom. The van der Waals surface area contributed by atoms with E-state index in [1.54, 1.807) is 5.51 Å². The molecule has 2 heterocycles. The standard InChI is InChI=1S/C21H22N4OS.C2HF3O2/c1-14-6-8-17(9-7-14)25-21-19(24-13-27-21)20(26)23-12-18-10-15-4-2-3-5-16(15)11-22-18;3-2(4,5)1(6)7/h2-9,13,18,22,25H,10-12H2,1H3,(H,23,26);(H,6,7). The molecule has 4 N–H and O–H groups in total. The van der Waals surface area contributed by atoms with Crippen molar-refractivity contribution in [2.45, 2.75) is 32.1 Å². The first kappa shape index (κ1) is 25.2. The molecule has 0 aliphatic carbocycles. The molecule has 0 radical (unpaired) electrons. The normalized spacial score (nSPS) is 14.9. The zero-order valence-electron chi connectivity index (χ0n) is 18.1. The van der Waals surface area contributed by atoms with Crippen LogP contribution in [0.4, 0.5) is 23.9 Å². The van der Waals surface area contributed by atoms with Gasteiger partial charge in [-0.3, -0.25) is 4.79 Å². The fourth-order valence-corrected chi connectivity index (χ4v) is 3.93. The van der Waals surface area contributed by atoms with E-state index in [0.717, 1.165) is 23.7 Å². The van der Waals surface area contributed by atoms with Gasteiger partial charge < -0.3 is 21.1 Å². The average Bonchev–Trinajstić information content (AvgIpc) is 3.27. The molecule has 0 saturated heterocycles. The summed E-state index contributed by atoms with van der Waals surface area (Å²) in [5.41, 5.74) is 6.97. The molecule has 1 atom stereocenters. The lowest BCUT2D eigenvalue weighted by Gasteiger charge is -2.26. The molecule has 0 bridgehead atoms. The Kier molecular flexibility index (Phi) is 8.24. The number of aryl methyl sites for hydroxylation is 1. The number of nitrogens with one attached hydrogen (secondary N) is 3. The summed E-state index contributed by atoms with van der Waals surface area (Å²) in [6.07, 6.45) is -4.16. The highest BCUT2D eigenvalue weighted by atomic mass is 32.1. The minimum absolute atomic E-state index is 0.147. The summed E-state index contributed by atoms with van der Waals surface area (Å²) >= 11 is 1.43. The van der Waals surface area contributed by atoms with E-state index in [9.17, 15) is 18.0 Å². The largest absolute Gasteiger partial charge is 0.490 e. The minimum Gasteiger partial charge on any atom is -0.475 e. The molecular formula is C23H23F3N4O3S. The van der Waals surface area contributed by atoms with Gasteiger partial charge in [0.1, 0.15) is 5.00 Å². The summed E-state index contributed by atoms with van der Waals surface area (Å²) in [6.45, 7) is 3.47. The first-order valence-electron chi connectivity index (χ1n) is 10.3. The predicted molar refractivity (Wildman–Crippen MR) is 123 cm³/mol. The van der Waals surface area contributed by atoms with Crippen LogP contribution >= 0.6 is 11.3 Å². The van der Waals surface area contributed by atoms with E-state index >= 15 is 0 Å². The topological polar surface area (TPSA) is 103 Å². The summed E-state index contributed by atoms with van der Waals surface area (Å²) in [4.78, 5) is 25.8. The van der Waals surface area contributed by atoms with Crippen molar-refractivity contribution in [1.82, 2.24) is 15.6 Å². The Morgan fingerprint density at radius 1 is 1.15 bits per heavy atom. The first-order valence-corrected chi connectivity index (χ1v) is 11.2. The van der Waals surface area contributed by atoms with E-state index < -0.39 is 12.1 Å². The average molecular weight is 493 g/mol. The third-order valence-electron chi connectivity index (χ3n) is 5.01. The summed E-state index contributed by atoms with van der Waals surface area (Å²) in [6, 6.07) is 16.7. The maximum Gasteiger partial charge on any atom is 0.490 e. The van der Waals surface area contributed by atoms with Crippen molar-refractivity contribution in [1.29, 1.82) is 0 Å². The summed E-state index contributed by atoms with van der Waals surface area (Å²) < 4.78 is 31.7. The van der Waals surface area contributed by atoms with Gasteiger partial charge in [0.05, 0.1) is 5.51 Å². The van der Waals surface area contributed by atoms with Crippen LogP contribution in [-0.4, -0.2) is 40.7 Å². The maximum atomic E-state index is 12.6. The number of carboxylic acid groups (broad SMARTS) is 1. The lowest BCUT2D eigenvalue weighted by molar-refractivity contribution is -0.192. The number of carboxylic acids is 1. The summed E-state index contributed by atoms with van der Waals surface area (Å²) in [7, 11) is 0. The molecule has 7 nitrogen and oxygen atoms in total. The van der Waals surface area contributed by atoms with Crippen molar-refractivity contribution in [2.75, 3.05) is 11.9 Å². The van der Waals surface area contributed by atoms with Crippen LogP contribution in [0.25, 0.3) is 0 Å². The van der Waals surface area contributed by atoms with Gasteiger partial charge in [0.15, 0.2) is 5.69 Å². The molecule has 0 fully saturated rings. The highest BCUT2D eigenvalue weighted by molar-refractivity contribution is 7.14. The van der Waals surface area contributed by atoms with E-state index in [2.05, 4.69) is 45.2 Å². The number of nitrogens with zero attached hydrogens (tertiary/aromatic N) is 1. The Morgan fingerprint density at radius 3 is 2.44 bits per heavy atom. The van der Waals surface area contributed by atoms with Crippen LogP contribution in [0.2, 0.25) is 0 Å². The van der Waals surface area contributed by atoms with Gasteiger partial charge >= 0.3 is 12.1 Å². The van der Waals surface area contributed by atoms with E-state index in [1.807, 2.05) is 31.2 Å². The number of anilines is 2. The predicted octanol–water partition coefficient (Wildman–Crippen LogP) is 4.27. The van der Waals surface area contributed by atoms with Gasteiger partial charge in [0.25, 0.3) is 5.91 Å². The Hall–Kier alpha value is -3.44. The van der Waals surface area contributed by atoms with Crippen molar-refractivity contribution in [3.05, 3.63) is 76.4 Å². The van der Waals surface area contributed by atoms with Crippen molar-refractivity contribution in [3.8, 4) is 0 Å². The van der Waals surface area contributed by atoms with Crippen LogP contribution in [0.3, 0.4) is 0 Å². The minimum atomic E-state index is -5.08. The molecule has 11 heteroatoms. The van der Waals surface area contributed by atoms with Crippen molar-refractivity contribution in [3.63, 3.8) is 0 Å². The number of rotatable bonds is 5. The second kappa shape index (κ2) is 11.1. The van der Waals surface area contributed by atoms with E-state index in [0.29, 0.717) is 12.2 Å². The molecule has 1 aliphatic rings. The fourth-order valence-electron chi connectivity index (χ4n) is 3.23. The van der Waals surface area contributed by atoms with E-state index in [-0.39, 0.29) is 11.9 Å². The lowest BCUT2D eigenvalue weighted by atomic mass is 9.96. The second-order valence-electron chi connectivity index (χ2n) is 7.58. The fraction of sp³-hybridized carbons (Fsp3) is 0.261. The van der Waals surface area contributed by atoms with Gasteiger partial charge in [-0.2, -0.15) is 13.2 Å². The SMILES string of the molecule is Cc1ccc(Nc2scnc2C(=O)NCC2Cc3ccccc3CN2)cc1.O=C(O)C(F)(F)F. The monoisotopic (exact) mass is 492 g/mol. The van der Waals surface area contributed by atoms with Crippen LogP contribution in [0, 0.1) is 6.92 Å². The number of thiazole rings is 1. The molecule has 2 aromatic carbocycles. The van der Waals surface area contributed by atoms with Crippen LogP contribution in [0.5, 0.6) is 0 Å². The number of benzene rings is 2. The van der Waals surface area contributed by atoms with Gasteiger partial charge in [-0.1, -0.05) is 42.0 Å².